The van der Waals surface area contributed by atoms with Crippen molar-refractivity contribution in [2.24, 2.45) is 10.8 Å². The second-order valence-corrected chi connectivity index (χ2v) is 6.90. The molecule has 1 spiro atoms. The quantitative estimate of drug-likeness (QED) is 0.654. The fourth-order valence-electron chi connectivity index (χ4n) is 3.87. The summed E-state index contributed by atoms with van der Waals surface area (Å²) < 4.78 is 0. The first-order valence-electron chi connectivity index (χ1n) is 6.93. The molecule has 2 unspecified atom stereocenters. The van der Waals surface area contributed by atoms with Crippen LogP contribution in [0.5, 0.6) is 0 Å². The molecule has 2 aliphatic rings. The third kappa shape index (κ3) is 2.38. The van der Waals surface area contributed by atoms with Gasteiger partial charge in [0.1, 0.15) is 0 Å². The van der Waals surface area contributed by atoms with Gasteiger partial charge in [-0.3, -0.25) is 0 Å². The molecule has 0 bridgehead atoms. The van der Waals surface area contributed by atoms with Crippen LogP contribution in [-0.2, 0) is 0 Å². The molecule has 0 saturated heterocycles. The fourth-order valence-corrected chi connectivity index (χ4v) is 3.87. The number of aliphatic hydroxyl groups is 2. The van der Waals surface area contributed by atoms with Gasteiger partial charge in [-0.05, 0) is 51.0 Å². The summed E-state index contributed by atoms with van der Waals surface area (Å²) in [7, 11) is 2.00. The minimum Gasteiger partial charge on any atom is -0.392 e. The van der Waals surface area contributed by atoms with Gasteiger partial charge in [-0.2, -0.15) is 0 Å². The van der Waals surface area contributed by atoms with Crippen molar-refractivity contribution in [3.05, 3.63) is 0 Å². The summed E-state index contributed by atoms with van der Waals surface area (Å²) in [4.78, 5) is 0. The molecule has 17 heavy (non-hydrogen) atoms. The Balaban J connectivity index is 2.10. The zero-order valence-electron chi connectivity index (χ0n) is 11.4. The Bertz CT molecular complexity index is 253. The third-order valence-electron chi connectivity index (χ3n) is 5.14. The van der Waals surface area contributed by atoms with E-state index in [2.05, 4.69) is 19.2 Å². The van der Waals surface area contributed by atoms with Crippen LogP contribution in [0.4, 0.5) is 0 Å². The van der Waals surface area contributed by atoms with Crippen molar-refractivity contribution in [3.63, 3.8) is 0 Å². The van der Waals surface area contributed by atoms with Crippen molar-refractivity contribution in [3.8, 4) is 0 Å². The van der Waals surface area contributed by atoms with Crippen LogP contribution in [0, 0.1) is 10.8 Å². The molecule has 2 aliphatic carbocycles. The van der Waals surface area contributed by atoms with Crippen LogP contribution in [0.2, 0.25) is 0 Å². The Kier molecular flexibility index (Phi) is 3.54. The van der Waals surface area contributed by atoms with Crippen molar-refractivity contribution in [1.82, 2.24) is 5.32 Å². The first kappa shape index (κ1) is 13.3. The van der Waals surface area contributed by atoms with Gasteiger partial charge >= 0.3 is 0 Å². The second-order valence-electron chi connectivity index (χ2n) is 6.90. The number of rotatable bonds is 1. The van der Waals surface area contributed by atoms with Gasteiger partial charge in [-0.1, -0.05) is 13.8 Å². The molecule has 3 N–H and O–H groups in total. The van der Waals surface area contributed by atoms with Gasteiger partial charge in [0, 0.05) is 11.5 Å². The monoisotopic (exact) mass is 241 g/mol. The van der Waals surface area contributed by atoms with E-state index < -0.39 is 0 Å². The van der Waals surface area contributed by atoms with E-state index in [0.29, 0.717) is 6.04 Å². The molecule has 2 saturated carbocycles. The van der Waals surface area contributed by atoms with E-state index in [-0.39, 0.29) is 23.0 Å². The topological polar surface area (TPSA) is 52.5 Å². The average Bonchev–Trinajstić information content (AvgIpc) is 2.26. The van der Waals surface area contributed by atoms with Crippen molar-refractivity contribution >= 4 is 0 Å². The Labute approximate surface area is 105 Å². The van der Waals surface area contributed by atoms with E-state index in [1.807, 2.05) is 7.05 Å². The minimum absolute atomic E-state index is 0.0734. The van der Waals surface area contributed by atoms with E-state index in [1.165, 1.54) is 0 Å². The molecule has 0 radical (unpaired) electrons. The van der Waals surface area contributed by atoms with Crippen LogP contribution in [0.25, 0.3) is 0 Å². The molecule has 0 amide bonds. The molecule has 0 aromatic heterocycles. The zero-order valence-corrected chi connectivity index (χ0v) is 11.4. The van der Waals surface area contributed by atoms with E-state index in [1.54, 1.807) is 0 Å². The Morgan fingerprint density at radius 3 is 1.88 bits per heavy atom. The van der Waals surface area contributed by atoms with Gasteiger partial charge in [0.15, 0.2) is 0 Å². The van der Waals surface area contributed by atoms with Crippen molar-refractivity contribution in [2.45, 2.75) is 70.6 Å². The summed E-state index contributed by atoms with van der Waals surface area (Å²) in [5.41, 5.74) is -0.146. The zero-order chi connectivity index (χ0) is 12.7. The normalized spacial score (nSPS) is 46.1. The first-order valence-corrected chi connectivity index (χ1v) is 6.93. The molecular formula is C14H27NO2. The van der Waals surface area contributed by atoms with Crippen LogP contribution in [-0.4, -0.2) is 35.5 Å². The predicted molar refractivity (Wildman–Crippen MR) is 68.8 cm³/mol. The van der Waals surface area contributed by atoms with Gasteiger partial charge in [-0.15, -0.1) is 0 Å². The van der Waals surface area contributed by atoms with Crippen molar-refractivity contribution in [2.75, 3.05) is 7.05 Å². The fraction of sp³-hybridized carbons (Fsp3) is 1.00. The molecule has 3 nitrogen and oxygen atoms in total. The molecule has 0 aromatic rings. The maximum Gasteiger partial charge on any atom is 0.0626 e. The van der Waals surface area contributed by atoms with E-state index in [4.69, 9.17) is 0 Å². The lowest BCUT2D eigenvalue weighted by atomic mass is 9.56. The Hall–Kier alpha value is -0.120. The molecule has 100 valence electrons. The van der Waals surface area contributed by atoms with E-state index >= 15 is 0 Å². The van der Waals surface area contributed by atoms with Gasteiger partial charge in [0.05, 0.1) is 12.2 Å². The SMILES string of the molecule is CNC1CCC2(CC1)C(O)CC(C)(C)CC2O. The predicted octanol–water partition coefficient (Wildman–Crippen LogP) is 1.68. The maximum atomic E-state index is 10.5. The smallest absolute Gasteiger partial charge is 0.0626 e. The molecule has 2 atom stereocenters. The summed E-state index contributed by atoms with van der Waals surface area (Å²) >= 11 is 0. The molecule has 2 rings (SSSR count). The highest BCUT2D eigenvalue weighted by molar-refractivity contribution is 5.03. The summed E-state index contributed by atoms with van der Waals surface area (Å²) in [5, 5.41) is 24.2. The van der Waals surface area contributed by atoms with Crippen LogP contribution < -0.4 is 5.32 Å². The van der Waals surface area contributed by atoms with E-state index in [0.717, 1.165) is 38.5 Å². The number of aliphatic hydroxyl groups excluding tert-OH is 2. The maximum absolute atomic E-state index is 10.5. The lowest BCUT2D eigenvalue weighted by molar-refractivity contribution is -0.152. The highest BCUT2D eigenvalue weighted by atomic mass is 16.3. The third-order valence-corrected chi connectivity index (χ3v) is 5.14. The summed E-state index contributed by atoms with van der Waals surface area (Å²) in [6.45, 7) is 4.29. The highest BCUT2D eigenvalue weighted by Crippen LogP contribution is 2.52. The second kappa shape index (κ2) is 4.52. The largest absolute Gasteiger partial charge is 0.392 e. The van der Waals surface area contributed by atoms with Gasteiger partial charge in [-0.25, -0.2) is 0 Å². The summed E-state index contributed by atoms with van der Waals surface area (Å²) in [6, 6.07) is 0.565. The Morgan fingerprint density at radius 2 is 1.47 bits per heavy atom. The molecule has 2 fully saturated rings. The van der Waals surface area contributed by atoms with Crippen molar-refractivity contribution < 1.29 is 10.2 Å². The van der Waals surface area contributed by atoms with Crippen LogP contribution in [0.3, 0.4) is 0 Å². The standard InChI is InChI=1S/C14H27NO2/c1-13(2)8-11(16)14(12(17)9-13)6-4-10(15-3)5-7-14/h10-12,15-17H,4-9H2,1-3H3. The lowest BCUT2D eigenvalue weighted by Gasteiger charge is -2.53. The van der Waals surface area contributed by atoms with Gasteiger partial charge in [0.2, 0.25) is 0 Å². The average molecular weight is 241 g/mol. The van der Waals surface area contributed by atoms with Gasteiger partial charge in [0.25, 0.3) is 0 Å². The molecule has 0 aromatic carbocycles. The number of hydrogen-bond acceptors (Lipinski definition) is 3. The van der Waals surface area contributed by atoms with Crippen LogP contribution in [0.1, 0.15) is 52.4 Å². The molecule has 0 aliphatic heterocycles. The van der Waals surface area contributed by atoms with Crippen LogP contribution >= 0.6 is 0 Å². The number of nitrogens with one attached hydrogen (secondary N) is 1. The molecular weight excluding hydrogens is 214 g/mol. The number of hydrogen-bond donors (Lipinski definition) is 3. The minimum atomic E-state index is -0.334. The first-order chi connectivity index (χ1) is 7.89. The Morgan fingerprint density at radius 1 is 1.00 bits per heavy atom. The summed E-state index contributed by atoms with van der Waals surface area (Å²) in [6.07, 6.45) is 5.05. The van der Waals surface area contributed by atoms with Gasteiger partial charge < -0.3 is 15.5 Å². The molecule has 0 heterocycles. The van der Waals surface area contributed by atoms with Crippen LogP contribution in [0.15, 0.2) is 0 Å². The molecule has 3 heteroatoms. The van der Waals surface area contributed by atoms with E-state index in [9.17, 15) is 10.2 Å². The summed E-state index contributed by atoms with van der Waals surface area (Å²) in [5.74, 6) is 0. The van der Waals surface area contributed by atoms with Crippen molar-refractivity contribution in [1.29, 1.82) is 0 Å². The highest BCUT2D eigenvalue weighted by Gasteiger charge is 2.52. The lowest BCUT2D eigenvalue weighted by Crippen LogP contribution is -2.55.